The van der Waals surface area contributed by atoms with Crippen molar-refractivity contribution in [3.63, 3.8) is 0 Å². The molecule has 2 nitrogen and oxygen atoms in total. The minimum atomic E-state index is 0.492. The first kappa shape index (κ1) is 14.2. The van der Waals surface area contributed by atoms with E-state index in [9.17, 15) is 0 Å². The van der Waals surface area contributed by atoms with Gasteiger partial charge in [-0.3, -0.25) is 0 Å². The second-order valence-electron chi connectivity index (χ2n) is 5.26. The SMILES string of the molecule is CNCc1sc(Cc2ccc(C)cc2)nc1C(C)C. The average Bonchev–Trinajstić information content (AvgIpc) is 2.76. The Bertz CT molecular complexity index is 526. The maximum absolute atomic E-state index is 4.82. The Kier molecular flexibility index (Phi) is 4.72. The third-order valence-electron chi connectivity index (χ3n) is 3.13. The van der Waals surface area contributed by atoms with E-state index in [-0.39, 0.29) is 0 Å². The van der Waals surface area contributed by atoms with E-state index in [1.165, 1.54) is 26.7 Å². The number of hydrogen-bond acceptors (Lipinski definition) is 3. The zero-order chi connectivity index (χ0) is 13.8. The number of aryl methyl sites for hydroxylation is 1. The topological polar surface area (TPSA) is 24.9 Å². The van der Waals surface area contributed by atoms with Crippen molar-refractivity contribution in [3.05, 3.63) is 51.0 Å². The van der Waals surface area contributed by atoms with E-state index in [4.69, 9.17) is 4.98 Å². The van der Waals surface area contributed by atoms with Gasteiger partial charge in [0.2, 0.25) is 0 Å². The van der Waals surface area contributed by atoms with Crippen molar-refractivity contribution >= 4 is 11.3 Å². The maximum atomic E-state index is 4.82. The van der Waals surface area contributed by atoms with Gasteiger partial charge in [-0.2, -0.15) is 0 Å². The summed E-state index contributed by atoms with van der Waals surface area (Å²) < 4.78 is 0. The van der Waals surface area contributed by atoms with Crippen molar-refractivity contribution in [2.45, 2.75) is 39.7 Å². The van der Waals surface area contributed by atoms with Crippen molar-refractivity contribution in [3.8, 4) is 0 Å². The van der Waals surface area contributed by atoms with Gasteiger partial charge in [0.1, 0.15) is 0 Å². The molecule has 0 saturated heterocycles. The van der Waals surface area contributed by atoms with Gasteiger partial charge >= 0.3 is 0 Å². The van der Waals surface area contributed by atoms with Crippen molar-refractivity contribution in [2.24, 2.45) is 0 Å². The van der Waals surface area contributed by atoms with Gasteiger partial charge in [-0.15, -0.1) is 11.3 Å². The van der Waals surface area contributed by atoms with E-state index >= 15 is 0 Å². The molecule has 0 atom stereocenters. The largest absolute Gasteiger partial charge is 0.315 e. The van der Waals surface area contributed by atoms with E-state index in [2.05, 4.69) is 50.4 Å². The first-order valence-electron chi connectivity index (χ1n) is 6.78. The van der Waals surface area contributed by atoms with Crippen molar-refractivity contribution in [1.82, 2.24) is 10.3 Å². The highest BCUT2D eigenvalue weighted by Gasteiger charge is 2.13. The second-order valence-corrected chi connectivity index (χ2v) is 6.43. The summed E-state index contributed by atoms with van der Waals surface area (Å²) in [6.45, 7) is 7.46. The van der Waals surface area contributed by atoms with Gasteiger partial charge in [0.25, 0.3) is 0 Å². The second kappa shape index (κ2) is 6.31. The molecule has 102 valence electrons. The van der Waals surface area contributed by atoms with Crippen LogP contribution in [0.3, 0.4) is 0 Å². The first-order chi connectivity index (χ1) is 9.10. The lowest BCUT2D eigenvalue weighted by Crippen LogP contribution is -2.06. The van der Waals surface area contributed by atoms with Crippen molar-refractivity contribution in [2.75, 3.05) is 7.05 Å². The molecule has 3 heteroatoms. The lowest BCUT2D eigenvalue weighted by Gasteiger charge is -2.03. The molecule has 2 rings (SSSR count). The Balaban J connectivity index is 2.20. The Morgan fingerprint density at radius 2 is 1.89 bits per heavy atom. The Morgan fingerprint density at radius 3 is 2.47 bits per heavy atom. The van der Waals surface area contributed by atoms with Crippen LogP contribution in [-0.2, 0) is 13.0 Å². The number of nitrogens with zero attached hydrogens (tertiary/aromatic N) is 1. The minimum absolute atomic E-state index is 0.492. The highest BCUT2D eigenvalue weighted by Crippen LogP contribution is 2.26. The summed E-state index contributed by atoms with van der Waals surface area (Å²) in [5.41, 5.74) is 3.90. The van der Waals surface area contributed by atoms with Crippen LogP contribution in [0.5, 0.6) is 0 Å². The molecule has 0 saturated carbocycles. The van der Waals surface area contributed by atoms with Crippen LogP contribution in [0.15, 0.2) is 24.3 Å². The molecule has 0 bridgehead atoms. The van der Waals surface area contributed by atoms with Gasteiger partial charge in [-0.1, -0.05) is 43.7 Å². The molecule has 19 heavy (non-hydrogen) atoms. The lowest BCUT2D eigenvalue weighted by molar-refractivity contribution is 0.768. The quantitative estimate of drug-likeness (QED) is 0.895. The molecule has 1 N–H and O–H groups in total. The van der Waals surface area contributed by atoms with Crippen LogP contribution < -0.4 is 5.32 Å². The van der Waals surface area contributed by atoms with Gasteiger partial charge in [-0.05, 0) is 25.5 Å². The van der Waals surface area contributed by atoms with Gasteiger partial charge in [0.05, 0.1) is 10.7 Å². The summed E-state index contributed by atoms with van der Waals surface area (Å²) in [4.78, 5) is 6.20. The highest BCUT2D eigenvalue weighted by molar-refractivity contribution is 7.11. The molecule has 0 aliphatic carbocycles. The molecule has 0 spiro atoms. The summed E-state index contributed by atoms with van der Waals surface area (Å²) >= 11 is 1.84. The molecular formula is C16H22N2S. The van der Waals surface area contributed by atoms with E-state index in [0.717, 1.165) is 13.0 Å². The molecule has 1 heterocycles. The number of hydrogen-bond donors (Lipinski definition) is 1. The molecule has 1 aromatic heterocycles. The summed E-state index contributed by atoms with van der Waals surface area (Å²) in [5, 5.41) is 4.45. The number of rotatable bonds is 5. The molecule has 0 radical (unpaired) electrons. The van der Waals surface area contributed by atoms with Crippen LogP contribution in [0, 0.1) is 6.92 Å². The van der Waals surface area contributed by atoms with E-state index in [1.54, 1.807) is 0 Å². The number of nitrogens with one attached hydrogen (secondary N) is 1. The van der Waals surface area contributed by atoms with Gasteiger partial charge < -0.3 is 5.32 Å². The monoisotopic (exact) mass is 274 g/mol. The summed E-state index contributed by atoms with van der Waals surface area (Å²) in [7, 11) is 1.99. The molecule has 0 aliphatic rings. The Morgan fingerprint density at radius 1 is 1.21 bits per heavy atom. The predicted molar refractivity (Wildman–Crippen MR) is 83.0 cm³/mol. The first-order valence-corrected chi connectivity index (χ1v) is 7.60. The van der Waals surface area contributed by atoms with Crippen LogP contribution >= 0.6 is 11.3 Å². The third kappa shape index (κ3) is 3.64. The van der Waals surface area contributed by atoms with Crippen LogP contribution in [0.4, 0.5) is 0 Å². The average molecular weight is 274 g/mol. The van der Waals surface area contributed by atoms with Crippen molar-refractivity contribution in [1.29, 1.82) is 0 Å². The van der Waals surface area contributed by atoms with Crippen LogP contribution in [-0.4, -0.2) is 12.0 Å². The molecule has 2 aromatic rings. The van der Waals surface area contributed by atoms with Gasteiger partial charge in [0.15, 0.2) is 0 Å². The fraction of sp³-hybridized carbons (Fsp3) is 0.438. The van der Waals surface area contributed by atoms with E-state index in [1.807, 2.05) is 18.4 Å². The molecule has 0 unspecified atom stereocenters. The summed E-state index contributed by atoms with van der Waals surface area (Å²) in [6, 6.07) is 8.73. The lowest BCUT2D eigenvalue weighted by atomic mass is 10.1. The smallest absolute Gasteiger partial charge is 0.0975 e. The molecule has 0 aliphatic heterocycles. The van der Waals surface area contributed by atoms with E-state index in [0.29, 0.717) is 5.92 Å². The summed E-state index contributed by atoms with van der Waals surface area (Å²) in [5.74, 6) is 0.492. The van der Waals surface area contributed by atoms with E-state index < -0.39 is 0 Å². The summed E-state index contributed by atoms with van der Waals surface area (Å²) in [6.07, 6.45) is 0.939. The van der Waals surface area contributed by atoms with Crippen molar-refractivity contribution < 1.29 is 0 Å². The zero-order valence-electron chi connectivity index (χ0n) is 12.2. The predicted octanol–water partition coefficient (Wildman–Crippen LogP) is 3.89. The molecular weight excluding hydrogens is 252 g/mol. The minimum Gasteiger partial charge on any atom is -0.315 e. The fourth-order valence-electron chi connectivity index (χ4n) is 2.11. The number of thiazole rings is 1. The number of benzene rings is 1. The van der Waals surface area contributed by atoms with Crippen LogP contribution in [0.25, 0.3) is 0 Å². The molecule has 1 aromatic carbocycles. The highest BCUT2D eigenvalue weighted by atomic mass is 32.1. The van der Waals surface area contributed by atoms with Gasteiger partial charge in [0, 0.05) is 17.8 Å². The molecule has 0 amide bonds. The standard InChI is InChI=1S/C16H22N2S/c1-11(2)16-14(10-17-4)19-15(18-16)9-13-7-5-12(3)6-8-13/h5-8,11,17H,9-10H2,1-4H3. The molecule has 0 fully saturated rings. The van der Waals surface area contributed by atoms with Crippen LogP contribution in [0.1, 0.15) is 46.5 Å². The van der Waals surface area contributed by atoms with Gasteiger partial charge in [-0.25, -0.2) is 4.98 Å². The zero-order valence-corrected chi connectivity index (χ0v) is 13.0. The Hall–Kier alpha value is -1.19. The normalized spacial score (nSPS) is 11.2. The third-order valence-corrected chi connectivity index (χ3v) is 4.20. The maximum Gasteiger partial charge on any atom is 0.0975 e. The fourth-order valence-corrected chi connectivity index (χ4v) is 3.38. The number of aromatic nitrogens is 1. The Labute approximate surface area is 119 Å². The van der Waals surface area contributed by atoms with Crippen LogP contribution in [0.2, 0.25) is 0 Å².